The van der Waals surface area contributed by atoms with E-state index in [1.54, 1.807) is 29.4 Å². The highest BCUT2D eigenvalue weighted by molar-refractivity contribution is 6.33. The van der Waals surface area contributed by atoms with Crippen LogP contribution < -0.4 is 5.48 Å². The lowest BCUT2D eigenvalue weighted by molar-refractivity contribution is -0.135. The van der Waals surface area contributed by atoms with Gasteiger partial charge in [0, 0.05) is 31.7 Å². The first-order chi connectivity index (χ1) is 15.5. The molecule has 9 heteroatoms. The quantitative estimate of drug-likeness (QED) is 0.453. The summed E-state index contributed by atoms with van der Waals surface area (Å²) in [6.45, 7) is 3.45. The minimum Gasteiger partial charge on any atom is -0.360 e. The van der Waals surface area contributed by atoms with Crippen molar-refractivity contribution in [3.05, 3.63) is 76.5 Å². The van der Waals surface area contributed by atoms with Gasteiger partial charge >= 0.3 is 0 Å². The van der Waals surface area contributed by atoms with Gasteiger partial charge in [0.1, 0.15) is 23.1 Å². The van der Waals surface area contributed by atoms with E-state index in [-0.39, 0.29) is 5.91 Å². The van der Waals surface area contributed by atoms with E-state index in [1.165, 1.54) is 0 Å². The minimum atomic E-state index is -0.644. The van der Waals surface area contributed by atoms with Gasteiger partial charge in [-0.05, 0) is 18.6 Å². The summed E-state index contributed by atoms with van der Waals surface area (Å²) in [6.07, 6.45) is 0. The Labute approximate surface area is 190 Å². The molecule has 2 N–H and O–H groups in total. The van der Waals surface area contributed by atoms with Crippen LogP contribution in [0.15, 0.2) is 59.1 Å². The summed E-state index contributed by atoms with van der Waals surface area (Å²) in [5.41, 5.74) is 3.98. The van der Waals surface area contributed by atoms with Gasteiger partial charge in [-0.1, -0.05) is 65.3 Å². The van der Waals surface area contributed by atoms with E-state index in [1.807, 2.05) is 47.4 Å². The molecule has 4 rings (SSSR count). The summed E-state index contributed by atoms with van der Waals surface area (Å²) >= 11 is 6.31. The Hall–Kier alpha value is -3.20. The predicted molar refractivity (Wildman–Crippen MR) is 118 cm³/mol. The van der Waals surface area contributed by atoms with Crippen molar-refractivity contribution in [2.24, 2.45) is 0 Å². The number of aryl methyl sites for hydroxylation is 1. The fraction of sp³-hybridized carbons (Fsp3) is 0.261. The van der Waals surface area contributed by atoms with Crippen molar-refractivity contribution >= 4 is 23.4 Å². The number of nitrogens with zero attached hydrogens (tertiary/aromatic N) is 3. The number of carbonyl (C=O) groups excluding carboxylic acids is 2. The Bertz CT molecular complexity index is 1110. The highest BCUT2D eigenvalue weighted by Gasteiger charge is 2.34. The van der Waals surface area contributed by atoms with Gasteiger partial charge < -0.3 is 9.42 Å². The second-order valence-electron chi connectivity index (χ2n) is 7.56. The molecular weight excluding hydrogens is 432 g/mol. The van der Waals surface area contributed by atoms with E-state index >= 15 is 0 Å². The average molecular weight is 455 g/mol. The van der Waals surface area contributed by atoms with E-state index in [4.69, 9.17) is 16.1 Å². The Kier molecular flexibility index (Phi) is 6.55. The van der Waals surface area contributed by atoms with Crippen molar-refractivity contribution in [1.82, 2.24) is 20.4 Å². The van der Waals surface area contributed by atoms with Crippen LogP contribution in [-0.2, 0) is 4.79 Å². The first-order valence-electron chi connectivity index (χ1n) is 10.2. The molecule has 1 aliphatic heterocycles. The standard InChI is InChI=1S/C23H23ClN4O4/c1-15-19(20(26-32-15)17-9-5-6-10-18(17)24)23(30)28-13-11-27(12-14-28)21(22(29)25-31)16-7-3-2-4-8-16/h2-10,21,31H,11-14H2,1H3,(H,25,29). The molecule has 2 heterocycles. The van der Waals surface area contributed by atoms with E-state index < -0.39 is 11.9 Å². The maximum atomic E-state index is 13.4. The summed E-state index contributed by atoms with van der Waals surface area (Å²) in [5, 5.41) is 13.8. The number of aromatic nitrogens is 1. The fourth-order valence-electron chi connectivity index (χ4n) is 4.03. The van der Waals surface area contributed by atoms with Gasteiger partial charge in [0.25, 0.3) is 11.8 Å². The van der Waals surface area contributed by atoms with Crippen LogP contribution in [0.2, 0.25) is 5.02 Å². The lowest BCUT2D eigenvalue weighted by Gasteiger charge is -2.38. The van der Waals surface area contributed by atoms with Gasteiger partial charge in [0.05, 0.1) is 5.02 Å². The maximum absolute atomic E-state index is 13.4. The Morgan fingerprint density at radius 1 is 1.06 bits per heavy atom. The van der Waals surface area contributed by atoms with Crippen molar-refractivity contribution in [3.63, 3.8) is 0 Å². The van der Waals surface area contributed by atoms with Crippen LogP contribution in [0, 0.1) is 6.92 Å². The van der Waals surface area contributed by atoms with Crippen LogP contribution >= 0.6 is 11.6 Å². The second kappa shape index (κ2) is 9.52. The SMILES string of the molecule is Cc1onc(-c2ccccc2Cl)c1C(=O)N1CCN(C(C(=O)NO)c2ccccc2)CC1. The largest absolute Gasteiger partial charge is 0.360 e. The number of hydroxylamine groups is 1. The van der Waals surface area contributed by atoms with Crippen molar-refractivity contribution < 1.29 is 19.3 Å². The Morgan fingerprint density at radius 3 is 2.38 bits per heavy atom. The van der Waals surface area contributed by atoms with Gasteiger partial charge in [-0.2, -0.15) is 0 Å². The van der Waals surface area contributed by atoms with Crippen LogP contribution in [0.3, 0.4) is 0 Å². The molecule has 1 aromatic heterocycles. The molecule has 2 amide bonds. The number of piperazine rings is 1. The number of amides is 2. The highest BCUT2D eigenvalue weighted by atomic mass is 35.5. The van der Waals surface area contributed by atoms with Crippen molar-refractivity contribution in [1.29, 1.82) is 0 Å². The average Bonchev–Trinajstić information content (AvgIpc) is 3.21. The van der Waals surface area contributed by atoms with E-state index in [2.05, 4.69) is 5.16 Å². The van der Waals surface area contributed by atoms with Gasteiger partial charge in [-0.15, -0.1) is 0 Å². The van der Waals surface area contributed by atoms with Crippen molar-refractivity contribution in [3.8, 4) is 11.3 Å². The smallest absolute Gasteiger partial charge is 0.265 e. The number of benzene rings is 2. The van der Waals surface area contributed by atoms with Crippen LogP contribution in [-0.4, -0.2) is 58.2 Å². The normalized spacial score (nSPS) is 15.4. The maximum Gasteiger partial charge on any atom is 0.265 e. The zero-order chi connectivity index (χ0) is 22.7. The zero-order valence-electron chi connectivity index (χ0n) is 17.5. The summed E-state index contributed by atoms with van der Waals surface area (Å²) < 4.78 is 5.33. The molecule has 3 aromatic rings. The highest BCUT2D eigenvalue weighted by Crippen LogP contribution is 2.32. The van der Waals surface area contributed by atoms with Gasteiger partial charge in [0.2, 0.25) is 0 Å². The first-order valence-corrected chi connectivity index (χ1v) is 10.6. The number of nitrogens with one attached hydrogen (secondary N) is 1. The van der Waals surface area contributed by atoms with E-state index in [9.17, 15) is 14.8 Å². The van der Waals surface area contributed by atoms with Crippen LogP contribution in [0.1, 0.15) is 27.7 Å². The predicted octanol–water partition coefficient (Wildman–Crippen LogP) is 3.31. The molecule has 1 atom stereocenters. The lowest BCUT2D eigenvalue weighted by Crippen LogP contribution is -2.52. The molecule has 1 saturated heterocycles. The molecule has 0 aliphatic carbocycles. The molecular formula is C23H23ClN4O4. The third-order valence-electron chi connectivity index (χ3n) is 5.65. The molecule has 166 valence electrons. The van der Waals surface area contributed by atoms with Gasteiger partial charge in [-0.25, -0.2) is 5.48 Å². The molecule has 1 fully saturated rings. The molecule has 32 heavy (non-hydrogen) atoms. The molecule has 2 aromatic carbocycles. The molecule has 0 bridgehead atoms. The molecule has 1 unspecified atom stereocenters. The molecule has 0 spiro atoms. The molecule has 1 aliphatic rings. The van der Waals surface area contributed by atoms with E-state index in [0.29, 0.717) is 53.8 Å². The fourth-order valence-corrected chi connectivity index (χ4v) is 4.25. The molecule has 8 nitrogen and oxygen atoms in total. The number of hydrogen-bond acceptors (Lipinski definition) is 6. The van der Waals surface area contributed by atoms with Gasteiger partial charge in [0.15, 0.2) is 0 Å². The summed E-state index contributed by atoms with van der Waals surface area (Å²) in [7, 11) is 0. The van der Waals surface area contributed by atoms with Crippen LogP contribution in [0.4, 0.5) is 0 Å². The van der Waals surface area contributed by atoms with Crippen molar-refractivity contribution in [2.45, 2.75) is 13.0 Å². The molecule has 0 saturated carbocycles. The van der Waals surface area contributed by atoms with Crippen molar-refractivity contribution in [2.75, 3.05) is 26.2 Å². The monoisotopic (exact) mass is 454 g/mol. The summed E-state index contributed by atoms with van der Waals surface area (Å²) in [5.74, 6) is -0.276. The van der Waals surface area contributed by atoms with Gasteiger partial charge in [-0.3, -0.25) is 19.7 Å². The second-order valence-corrected chi connectivity index (χ2v) is 7.97. The first kappa shape index (κ1) is 22.0. The molecule has 0 radical (unpaired) electrons. The van der Waals surface area contributed by atoms with Crippen LogP contribution in [0.25, 0.3) is 11.3 Å². The van der Waals surface area contributed by atoms with E-state index in [0.717, 1.165) is 5.56 Å². The number of hydrogen-bond donors (Lipinski definition) is 2. The lowest BCUT2D eigenvalue weighted by atomic mass is 10.0. The summed E-state index contributed by atoms with van der Waals surface area (Å²) in [4.78, 5) is 29.4. The Balaban J connectivity index is 1.53. The summed E-state index contributed by atoms with van der Waals surface area (Å²) in [6, 6.07) is 15.8. The minimum absolute atomic E-state index is 0.193. The van der Waals surface area contributed by atoms with Crippen LogP contribution in [0.5, 0.6) is 0 Å². The third-order valence-corrected chi connectivity index (χ3v) is 5.98. The number of halogens is 1. The number of rotatable bonds is 5. The third kappa shape index (κ3) is 4.25. The Morgan fingerprint density at radius 2 is 1.72 bits per heavy atom. The number of carbonyl (C=O) groups is 2. The topological polar surface area (TPSA) is 98.9 Å². The zero-order valence-corrected chi connectivity index (χ0v) is 18.2.